The van der Waals surface area contributed by atoms with Crippen molar-refractivity contribution in [2.75, 3.05) is 13.2 Å². The average Bonchev–Trinajstić information content (AvgIpc) is 3.00. The van der Waals surface area contributed by atoms with Crippen molar-refractivity contribution in [1.82, 2.24) is 0 Å². The number of aliphatic hydroxyl groups excluding tert-OH is 2. The molecule has 5 aliphatic rings. The molecule has 29 heavy (non-hydrogen) atoms. The minimum absolute atomic E-state index is 0.00510. The topological polar surface area (TPSA) is 69.9 Å². The first kappa shape index (κ1) is 20.0. The molecule has 4 nitrogen and oxygen atoms in total. The second-order valence-corrected chi connectivity index (χ2v) is 11.0. The van der Waals surface area contributed by atoms with Gasteiger partial charge in [-0.05, 0) is 56.9 Å². The fraction of sp³-hybridized carbons (Fsp3) is 0.760. The van der Waals surface area contributed by atoms with E-state index < -0.39 is 5.60 Å². The third kappa shape index (κ3) is 2.14. The van der Waals surface area contributed by atoms with Crippen molar-refractivity contribution in [3.8, 4) is 0 Å². The normalized spacial score (nSPS) is 50.6. The predicted molar refractivity (Wildman–Crippen MR) is 112 cm³/mol. The first-order valence-corrected chi connectivity index (χ1v) is 11.4. The van der Waals surface area contributed by atoms with E-state index in [9.17, 15) is 15.3 Å². The number of ether oxygens (including phenoxy) is 1. The lowest BCUT2D eigenvalue weighted by molar-refractivity contribution is -0.237. The molecule has 4 heteroatoms. The Morgan fingerprint density at radius 1 is 1.34 bits per heavy atom. The van der Waals surface area contributed by atoms with Crippen molar-refractivity contribution in [3.63, 3.8) is 0 Å². The molecule has 3 N–H and O–H groups in total. The van der Waals surface area contributed by atoms with Gasteiger partial charge in [-0.15, -0.1) is 0 Å². The molecule has 0 aromatic rings. The van der Waals surface area contributed by atoms with Crippen LogP contribution in [0.4, 0.5) is 0 Å². The predicted octanol–water partition coefficient (Wildman–Crippen LogP) is 3.52. The average molecular weight is 401 g/mol. The van der Waals surface area contributed by atoms with Crippen LogP contribution in [0.25, 0.3) is 0 Å². The van der Waals surface area contributed by atoms with Gasteiger partial charge in [0.25, 0.3) is 0 Å². The van der Waals surface area contributed by atoms with Gasteiger partial charge in [-0.1, -0.05) is 43.2 Å². The molecular formula is C25H36O4. The van der Waals surface area contributed by atoms with E-state index in [2.05, 4.69) is 39.0 Å². The van der Waals surface area contributed by atoms with Crippen LogP contribution in [0.5, 0.6) is 0 Å². The van der Waals surface area contributed by atoms with Gasteiger partial charge in [-0.2, -0.15) is 0 Å². The summed E-state index contributed by atoms with van der Waals surface area (Å²) >= 11 is 0. The van der Waals surface area contributed by atoms with Crippen LogP contribution in [-0.4, -0.2) is 45.8 Å². The van der Waals surface area contributed by atoms with Crippen LogP contribution >= 0.6 is 0 Å². The number of aliphatic hydroxyl groups is 3. The monoisotopic (exact) mass is 400 g/mol. The summed E-state index contributed by atoms with van der Waals surface area (Å²) < 4.78 is 6.79. The largest absolute Gasteiger partial charge is 0.392 e. The van der Waals surface area contributed by atoms with Crippen molar-refractivity contribution in [2.24, 2.45) is 28.6 Å². The van der Waals surface area contributed by atoms with Gasteiger partial charge in [-0.25, -0.2) is 0 Å². The summed E-state index contributed by atoms with van der Waals surface area (Å²) in [5, 5.41) is 31.8. The Balaban J connectivity index is 1.59. The SMILES string of the molecule is CC(=CCCC(C)C1=CC2OC3(C)CC4(O)C5C(CO)=CCC14C2(C)CC53)CO. The number of hydrogen-bond acceptors (Lipinski definition) is 4. The molecule has 5 rings (SSSR count). The van der Waals surface area contributed by atoms with E-state index in [1.807, 2.05) is 6.92 Å². The maximum absolute atomic E-state index is 12.4. The van der Waals surface area contributed by atoms with E-state index in [1.54, 1.807) is 0 Å². The minimum Gasteiger partial charge on any atom is -0.392 e. The van der Waals surface area contributed by atoms with E-state index in [0.717, 1.165) is 36.8 Å². The summed E-state index contributed by atoms with van der Waals surface area (Å²) in [5.41, 5.74) is 1.89. The Kier molecular flexibility index (Phi) is 4.18. The van der Waals surface area contributed by atoms with Crippen molar-refractivity contribution in [2.45, 2.75) is 77.1 Å². The van der Waals surface area contributed by atoms with Crippen molar-refractivity contribution < 1.29 is 20.1 Å². The van der Waals surface area contributed by atoms with Crippen molar-refractivity contribution in [1.29, 1.82) is 0 Å². The second-order valence-electron chi connectivity index (χ2n) is 11.0. The van der Waals surface area contributed by atoms with Crippen molar-refractivity contribution in [3.05, 3.63) is 34.9 Å². The van der Waals surface area contributed by atoms with Crippen LogP contribution in [0.3, 0.4) is 0 Å². The highest BCUT2D eigenvalue weighted by molar-refractivity contribution is 5.49. The lowest BCUT2D eigenvalue weighted by Crippen LogP contribution is -2.67. The molecule has 1 heterocycles. The summed E-state index contributed by atoms with van der Waals surface area (Å²) in [5.74, 6) is 0.630. The maximum atomic E-state index is 12.4. The number of hydrogen-bond donors (Lipinski definition) is 3. The molecule has 0 amide bonds. The van der Waals surface area contributed by atoms with Gasteiger partial charge in [0.15, 0.2) is 0 Å². The van der Waals surface area contributed by atoms with E-state index >= 15 is 0 Å². The molecule has 1 spiro atoms. The van der Waals surface area contributed by atoms with Crippen molar-refractivity contribution >= 4 is 0 Å². The third-order valence-corrected chi connectivity index (χ3v) is 9.65. The molecule has 4 aliphatic carbocycles. The molecule has 1 aliphatic heterocycles. The quantitative estimate of drug-likeness (QED) is 0.597. The Morgan fingerprint density at radius 2 is 2.10 bits per heavy atom. The Morgan fingerprint density at radius 3 is 2.79 bits per heavy atom. The van der Waals surface area contributed by atoms with Gasteiger partial charge in [0.2, 0.25) is 0 Å². The summed E-state index contributed by atoms with van der Waals surface area (Å²) in [4.78, 5) is 0. The summed E-state index contributed by atoms with van der Waals surface area (Å²) in [7, 11) is 0. The lowest BCUT2D eigenvalue weighted by Gasteiger charge is -2.65. The molecule has 0 aromatic carbocycles. The number of rotatable bonds is 6. The summed E-state index contributed by atoms with van der Waals surface area (Å²) in [6.07, 6.45) is 11.3. The molecule has 1 saturated heterocycles. The Labute approximate surface area is 174 Å². The molecule has 0 aromatic heterocycles. The summed E-state index contributed by atoms with van der Waals surface area (Å²) in [6, 6.07) is 0. The molecule has 8 atom stereocenters. The van der Waals surface area contributed by atoms with Gasteiger partial charge in [0.1, 0.15) is 0 Å². The van der Waals surface area contributed by atoms with Crippen LogP contribution < -0.4 is 0 Å². The molecule has 3 fully saturated rings. The van der Waals surface area contributed by atoms with Crippen LogP contribution in [0.1, 0.15) is 59.8 Å². The van der Waals surface area contributed by atoms with E-state index in [4.69, 9.17) is 4.74 Å². The standard InChI is InChI=1S/C25H36O4/c1-15(12-26)6-5-7-16(2)18-10-20-22(3)11-19-21-17(13-27)8-9-24(18,22)25(21,28)14-23(19,4)29-20/h6,8,10,16,19-21,26-28H,5,7,9,11-14H2,1-4H3. The molecule has 8 unspecified atom stereocenters. The Bertz CT molecular complexity index is 827. The van der Waals surface area contributed by atoms with Gasteiger partial charge >= 0.3 is 0 Å². The summed E-state index contributed by atoms with van der Waals surface area (Å²) in [6.45, 7) is 8.95. The zero-order chi connectivity index (χ0) is 20.8. The van der Waals surface area contributed by atoms with Gasteiger partial charge in [0, 0.05) is 23.2 Å². The zero-order valence-electron chi connectivity index (χ0n) is 18.2. The molecule has 0 radical (unpaired) electrons. The molecule has 5 bridgehead atoms. The fourth-order valence-corrected chi connectivity index (χ4v) is 8.40. The van der Waals surface area contributed by atoms with E-state index in [-0.39, 0.29) is 47.6 Å². The molecule has 2 saturated carbocycles. The maximum Gasteiger partial charge on any atom is 0.0847 e. The Hall–Kier alpha value is -0.940. The van der Waals surface area contributed by atoms with Crippen LogP contribution in [0, 0.1) is 28.6 Å². The number of allylic oxidation sites excluding steroid dienone is 2. The first-order chi connectivity index (χ1) is 13.7. The second kappa shape index (κ2) is 6.06. The van der Waals surface area contributed by atoms with Crippen LogP contribution in [-0.2, 0) is 4.74 Å². The highest BCUT2D eigenvalue weighted by Gasteiger charge is 2.83. The highest BCUT2D eigenvalue weighted by Crippen LogP contribution is 2.81. The van der Waals surface area contributed by atoms with E-state index in [0.29, 0.717) is 12.3 Å². The molecular weight excluding hydrogens is 364 g/mol. The first-order valence-electron chi connectivity index (χ1n) is 11.4. The van der Waals surface area contributed by atoms with Gasteiger partial charge < -0.3 is 20.1 Å². The lowest BCUT2D eigenvalue weighted by atomic mass is 9.41. The van der Waals surface area contributed by atoms with Gasteiger partial charge in [0.05, 0.1) is 30.5 Å². The van der Waals surface area contributed by atoms with Crippen LogP contribution in [0.2, 0.25) is 0 Å². The smallest absolute Gasteiger partial charge is 0.0847 e. The van der Waals surface area contributed by atoms with Gasteiger partial charge in [-0.3, -0.25) is 0 Å². The van der Waals surface area contributed by atoms with Crippen LogP contribution in [0.15, 0.2) is 34.9 Å². The third-order valence-electron chi connectivity index (χ3n) is 9.65. The minimum atomic E-state index is -0.839. The molecule has 160 valence electrons. The fourth-order valence-electron chi connectivity index (χ4n) is 8.40. The van der Waals surface area contributed by atoms with E-state index in [1.165, 1.54) is 5.57 Å². The highest BCUT2D eigenvalue weighted by atomic mass is 16.5. The zero-order valence-corrected chi connectivity index (χ0v) is 18.2.